The summed E-state index contributed by atoms with van der Waals surface area (Å²) in [4.78, 5) is 39.3. The summed E-state index contributed by atoms with van der Waals surface area (Å²) >= 11 is 0. The highest BCUT2D eigenvalue weighted by atomic mass is 19.1. The lowest BCUT2D eigenvalue weighted by atomic mass is 9.88. The van der Waals surface area contributed by atoms with Crippen LogP contribution < -0.4 is 15.4 Å². The van der Waals surface area contributed by atoms with Crippen molar-refractivity contribution in [1.29, 1.82) is 0 Å². The number of halogens is 2. The minimum absolute atomic E-state index is 0.0814. The molecule has 0 saturated carbocycles. The van der Waals surface area contributed by atoms with Crippen molar-refractivity contribution in [1.82, 2.24) is 40.2 Å². The van der Waals surface area contributed by atoms with E-state index in [-0.39, 0.29) is 53.8 Å². The Morgan fingerprint density at radius 2 is 1.55 bits per heavy atom. The van der Waals surface area contributed by atoms with E-state index in [1.165, 1.54) is 38.1 Å². The molecule has 4 N–H and O–H groups in total. The molecule has 15 heteroatoms. The van der Waals surface area contributed by atoms with Crippen LogP contribution in [0.25, 0.3) is 33.4 Å². The van der Waals surface area contributed by atoms with Gasteiger partial charge in [0.05, 0.1) is 17.4 Å². The summed E-state index contributed by atoms with van der Waals surface area (Å²) in [7, 11) is 0. The first-order valence-corrected chi connectivity index (χ1v) is 19.0. The largest absolute Gasteiger partial charge is 0.486 e. The second kappa shape index (κ2) is 16.6. The van der Waals surface area contributed by atoms with Crippen molar-refractivity contribution in [2.24, 2.45) is 11.3 Å². The molecule has 13 nitrogen and oxygen atoms in total. The van der Waals surface area contributed by atoms with E-state index in [2.05, 4.69) is 45.8 Å². The van der Waals surface area contributed by atoms with Crippen LogP contribution in [0.1, 0.15) is 65.0 Å². The van der Waals surface area contributed by atoms with Crippen LogP contribution in [-0.2, 0) is 16.2 Å². The summed E-state index contributed by atoms with van der Waals surface area (Å²) in [5.41, 5.74) is 1.82. The number of hydrogen-bond acceptors (Lipinski definition) is 9. The molecular weight excluding hydrogens is 707 g/mol. The standard InChI is InChI=1S/C40H48F2N10O3/c1-25(23-52-15-6-7-16-52)18-32(53)45-37-34(42)36(48-49-37)28-20-30(22-43-21-28)55-24-29-10-8-26-19-27(9-11-31(26)44-29)35-33(41)38(50-47-35)46-39(54)40(2,3)12-17-51-13-4-5-14-51/h8-11,19-22,25H,4-7,12-18,23-24H2,1-3H3,(H2,45,48,49,53)(H2,46,47,50,54). The number of pyridine rings is 2. The van der Waals surface area contributed by atoms with Gasteiger partial charge in [0.25, 0.3) is 0 Å². The number of nitrogens with zero attached hydrogens (tertiary/aromatic N) is 6. The lowest BCUT2D eigenvalue weighted by molar-refractivity contribution is -0.124. The number of ether oxygens (including phenoxy) is 1. The maximum absolute atomic E-state index is 15.5. The number of likely N-dealkylation sites (tertiary alicyclic amines) is 2. The highest BCUT2D eigenvalue weighted by Crippen LogP contribution is 2.31. The minimum Gasteiger partial charge on any atom is -0.486 e. The van der Waals surface area contributed by atoms with Gasteiger partial charge in [-0.1, -0.05) is 32.9 Å². The summed E-state index contributed by atoms with van der Waals surface area (Å²) in [5.74, 6) is -1.64. The lowest BCUT2D eigenvalue weighted by Gasteiger charge is -2.25. The Labute approximate surface area is 318 Å². The molecular formula is C40H48F2N10O3. The fourth-order valence-corrected chi connectivity index (χ4v) is 7.20. The van der Waals surface area contributed by atoms with Crippen LogP contribution in [-0.4, -0.2) is 91.2 Å². The number of amides is 2. The van der Waals surface area contributed by atoms with Crippen molar-refractivity contribution in [2.45, 2.75) is 65.9 Å². The number of H-pyrrole nitrogens is 2. The number of hydrogen-bond donors (Lipinski definition) is 4. The molecule has 2 aliphatic rings. The summed E-state index contributed by atoms with van der Waals surface area (Å²) in [6.45, 7) is 11.7. The topological polar surface area (TPSA) is 157 Å². The van der Waals surface area contributed by atoms with Crippen molar-refractivity contribution < 1.29 is 23.1 Å². The molecule has 5 aromatic rings. The van der Waals surface area contributed by atoms with Gasteiger partial charge in [-0.15, -0.1) is 0 Å². The Morgan fingerprint density at radius 1 is 0.873 bits per heavy atom. The number of nitrogens with one attached hydrogen (secondary N) is 4. The van der Waals surface area contributed by atoms with E-state index in [0.29, 0.717) is 34.5 Å². The smallest absolute Gasteiger partial charge is 0.231 e. The normalized spacial score (nSPS) is 15.8. The van der Waals surface area contributed by atoms with Gasteiger partial charge in [-0.25, -0.2) is 13.8 Å². The van der Waals surface area contributed by atoms with E-state index >= 15 is 8.78 Å². The molecule has 55 heavy (non-hydrogen) atoms. The molecule has 2 aliphatic heterocycles. The van der Waals surface area contributed by atoms with Gasteiger partial charge in [0.15, 0.2) is 23.3 Å². The number of aromatic nitrogens is 6. The van der Waals surface area contributed by atoms with Crippen molar-refractivity contribution >= 4 is 34.4 Å². The van der Waals surface area contributed by atoms with Gasteiger partial charge in [-0.3, -0.25) is 24.8 Å². The molecule has 0 bridgehead atoms. The molecule has 0 spiro atoms. The highest BCUT2D eigenvalue weighted by molar-refractivity contribution is 5.95. The zero-order chi connectivity index (χ0) is 38.5. The average molecular weight is 755 g/mol. The van der Waals surface area contributed by atoms with Gasteiger partial charge in [0.1, 0.15) is 23.7 Å². The molecule has 1 atom stereocenters. The predicted molar refractivity (Wildman–Crippen MR) is 206 cm³/mol. The first-order chi connectivity index (χ1) is 26.5. The van der Waals surface area contributed by atoms with Gasteiger partial charge < -0.3 is 25.2 Å². The number of aromatic amines is 2. The Bertz CT molecular complexity index is 2140. The summed E-state index contributed by atoms with van der Waals surface area (Å²) in [6.07, 6.45) is 8.67. The maximum atomic E-state index is 15.5. The van der Waals surface area contributed by atoms with Gasteiger partial charge in [0.2, 0.25) is 11.8 Å². The first-order valence-electron chi connectivity index (χ1n) is 19.0. The third kappa shape index (κ3) is 9.16. The van der Waals surface area contributed by atoms with Crippen molar-refractivity contribution in [3.63, 3.8) is 0 Å². The van der Waals surface area contributed by atoms with Crippen LogP contribution in [0.5, 0.6) is 5.75 Å². The lowest BCUT2D eigenvalue weighted by Crippen LogP contribution is -2.35. The van der Waals surface area contributed by atoms with E-state index in [4.69, 9.17) is 9.72 Å². The van der Waals surface area contributed by atoms with E-state index in [1.54, 1.807) is 30.3 Å². The van der Waals surface area contributed by atoms with E-state index in [9.17, 15) is 9.59 Å². The van der Waals surface area contributed by atoms with E-state index in [1.807, 2.05) is 26.8 Å². The number of rotatable bonds is 15. The van der Waals surface area contributed by atoms with Crippen LogP contribution in [0.15, 0.2) is 48.8 Å². The molecule has 0 aliphatic carbocycles. The van der Waals surface area contributed by atoms with Crippen LogP contribution >= 0.6 is 0 Å². The second-order valence-corrected chi connectivity index (χ2v) is 15.4. The first kappa shape index (κ1) is 38.0. The van der Waals surface area contributed by atoms with Gasteiger partial charge in [-0.05, 0) is 95.0 Å². The highest BCUT2D eigenvalue weighted by Gasteiger charge is 2.30. The van der Waals surface area contributed by atoms with Crippen LogP contribution in [0.2, 0.25) is 0 Å². The summed E-state index contributed by atoms with van der Waals surface area (Å²) in [6, 6.07) is 10.6. The third-order valence-corrected chi connectivity index (χ3v) is 10.5. The molecule has 2 saturated heterocycles. The Hall–Kier alpha value is -5.28. The molecule has 1 aromatic carbocycles. The van der Waals surface area contributed by atoms with E-state index < -0.39 is 17.0 Å². The van der Waals surface area contributed by atoms with Gasteiger partial charge in [0, 0.05) is 41.1 Å². The molecule has 1 unspecified atom stereocenters. The molecule has 2 amide bonds. The number of carbonyl (C=O) groups excluding carboxylic acids is 2. The van der Waals surface area contributed by atoms with Crippen molar-refractivity contribution in [3.8, 4) is 28.3 Å². The average Bonchev–Trinajstić information content (AvgIpc) is 4.01. The molecule has 0 radical (unpaired) electrons. The number of fused-ring (bicyclic) bond motifs is 1. The zero-order valence-corrected chi connectivity index (χ0v) is 31.6. The molecule has 2 fully saturated rings. The van der Waals surface area contributed by atoms with Crippen LogP contribution in [0.4, 0.5) is 20.4 Å². The number of benzene rings is 1. The summed E-state index contributed by atoms with van der Waals surface area (Å²) in [5, 5.41) is 19.5. The third-order valence-electron chi connectivity index (χ3n) is 10.5. The SMILES string of the molecule is CC(CC(=O)Nc1n[nH]c(-c2cncc(OCc3ccc4cc(-c5[nH]nc(NC(=O)C(C)(C)CCN6CCCC6)c5F)ccc4n3)c2)c1F)CN1CCCC1. The molecule has 7 rings (SSSR count). The Kier molecular flexibility index (Phi) is 11.5. The molecule has 4 aromatic heterocycles. The fraction of sp³-hybridized carbons (Fsp3) is 0.450. The zero-order valence-electron chi connectivity index (χ0n) is 31.6. The monoisotopic (exact) mass is 754 g/mol. The number of anilines is 2. The van der Waals surface area contributed by atoms with Crippen LogP contribution in [0, 0.1) is 23.0 Å². The molecule has 6 heterocycles. The van der Waals surface area contributed by atoms with E-state index in [0.717, 1.165) is 44.7 Å². The second-order valence-electron chi connectivity index (χ2n) is 15.4. The van der Waals surface area contributed by atoms with Crippen LogP contribution in [0.3, 0.4) is 0 Å². The van der Waals surface area contributed by atoms with Gasteiger partial charge in [-0.2, -0.15) is 10.2 Å². The Balaban J connectivity index is 0.945. The van der Waals surface area contributed by atoms with Crippen molar-refractivity contribution in [3.05, 3.63) is 66.1 Å². The molecule has 290 valence electrons. The fourth-order valence-electron chi connectivity index (χ4n) is 7.20. The quantitative estimate of drug-likeness (QED) is 0.0905. The summed E-state index contributed by atoms with van der Waals surface area (Å²) < 4.78 is 36.9. The minimum atomic E-state index is -0.684. The predicted octanol–water partition coefficient (Wildman–Crippen LogP) is 6.78. The van der Waals surface area contributed by atoms with Gasteiger partial charge >= 0.3 is 0 Å². The maximum Gasteiger partial charge on any atom is 0.231 e. The van der Waals surface area contributed by atoms with Crippen molar-refractivity contribution in [2.75, 3.05) is 49.9 Å². The number of carbonyl (C=O) groups is 2. The Morgan fingerprint density at radius 3 is 2.27 bits per heavy atom.